The van der Waals surface area contributed by atoms with Gasteiger partial charge in [0.15, 0.2) is 6.17 Å². The Morgan fingerprint density at radius 2 is 1.83 bits per heavy atom. The molecule has 1 amide bonds. The maximum absolute atomic E-state index is 12.8. The van der Waals surface area contributed by atoms with Crippen LogP contribution >= 0.6 is 11.6 Å². The molecule has 3 aromatic carbocycles. The van der Waals surface area contributed by atoms with E-state index in [2.05, 4.69) is 15.6 Å². The summed E-state index contributed by atoms with van der Waals surface area (Å²) in [5.41, 5.74) is 3.03. The molecule has 0 spiro atoms. The molecule has 1 heterocycles. The van der Waals surface area contributed by atoms with Crippen LogP contribution in [0.15, 0.2) is 77.8 Å². The van der Waals surface area contributed by atoms with E-state index < -0.39 is 11.1 Å². The number of anilines is 2. The van der Waals surface area contributed by atoms with Gasteiger partial charge in [-0.2, -0.15) is 0 Å². The van der Waals surface area contributed by atoms with Crippen molar-refractivity contribution < 1.29 is 9.72 Å². The van der Waals surface area contributed by atoms with E-state index in [1.807, 2.05) is 30.3 Å². The smallest absolute Gasteiger partial charge is 0.271 e. The molecular formula is C21H15ClN4O3. The van der Waals surface area contributed by atoms with Gasteiger partial charge in [-0.05, 0) is 24.3 Å². The Bertz CT molecular complexity index is 1130. The molecule has 3 aromatic rings. The summed E-state index contributed by atoms with van der Waals surface area (Å²) in [6.07, 6.45) is -0.988. The fourth-order valence-electron chi connectivity index (χ4n) is 3.07. The number of halogens is 1. The van der Waals surface area contributed by atoms with E-state index >= 15 is 0 Å². The topological polar surface area (TPSA) is 96.6 Å². The Morgan fingerprint density at radius 3 is 2.59 bits per heavy atom. The van der Waals surface area contributed by atoms with Gasteiger partial charge in [0, 0.05) is 34.0 Å². The molecule has 0 saturated carbocycles. The molecule has 0 radical (unpaired) electrons. The molecule has 0 aliphatic carbocycles. The number of nitrogens with one attached hydrogen (secondary N) is 2. The predicted molar refractivity (Wildman–Crippen MR) is 113 cm³/mol. The lowest BCUT2D eigenvalue weighted by molar-refractivity contribution is -0.384. The third kappa shape index (κ3) is 3.95. The average Bonchev–Trinajstić information content (AvgIpc) is 2.85. The van der Waals surface area contributed by atoms with Crippen molar-refractivity contribution in [2.24, 2.45) is 4.99 Å². The van der Waals surface area contributed by atoms with Gasteiger partial charge in [0.2, 0.25) is 0 Å². The fraction of sp³-hybridized carbons (Fsp3) is 0.0476. The van der Waals surface area contributed by atoms with Crippen LogP contribution in [0.5, 0.6) is 0 Å². The molecule has 7 nitrogen and oxygen atoms in total. The summed E-state index contributed by atoms with van der Waals surface area (Å²) in [5.74, 6) is -0.383. The molecular weight excluding hydrogens is 392 g/mol. The summed E-state index contributed by atoms with van der Waals surface area (Å²) in [6.45, 7) is 0. The minimum absolute atomic E-state index is 0.0774. The quantitative estimate of drug-likeness (QED) is 0.493. The van der Waals surface area contributed by atoms with E-state index in [9.17, 15) is 14.9 Å². The number of rotatable bonds is 4. The number of hydrogen-bond donors (Lipinski definition) is 2. The van der Waals surface area contributed by atoms with Gasteiger partial charge in [-0.25, -0.2) is 4.99 Å². The summed E-state index contributed by atoms with van der Waals surface area (Å²) in [6, 6.07) is 20.5. The van der Waals surface area contributed by atoms with Crippen LogP contribution < -0.4 is 10.6 Å². The number of nitro benzene ring substituents is 1. The van der Waals surface area contributed by atoms with Crippen molar-refractivity contribution in [1.29, 1.82) is 0 Å². The summed E-state index contributed by atoms with van der Waals surface area (Å²) in [7, 11) is 0. The highest BCUT2D eigenvalue weighted by atomic mass is 35.5. The van der Waals surface area contributed by atoms with Crippen LogP contribution in [0, 0.1) is 10.1 Å². The zero-order chi connectivity index (χ0) is 20.4. The van der Waals surface area contributed by atoms with E-state index in [0.29, 0.717) is 27.7 Å². The van der Waals surface area contributed by atoms with Crippen molar-refractivity contribution in [2.75, 3.05) is 10.6 Å². The summed E-state index contributed by atoms with van der Waals surface area (Å²) < 4.78 is 0. The largest absolute Gasteiger partial charge is 0.356 e. The predicted octanol–water partition coefficient (Wildman–Crippen LogP) is 4.48. The monoisotopic (exact) mass is 406 g/mol. The number of benzene rings is 3. The van der Waals surface area contributed by atoms with Crippen molar-refractivity contribution in [3.05, 3.63) is 99.1 Å². The number of carbonyl (C=O) groups excluding carboxylic acids is 1. The lowest BCUT2D eigenvalue weighted by Gasteiger charge is -2.14. The molecule has 0 bridgehead atoms. The van der Waals surface area contributed by atoms with Gasteiger partial charge < -0.3 is 10.6 Å². The van der Waals surface area contributed by atoms with Gasteiger partial charge in [-0.1, -0.05) is 48.0 Å². The molecule has 2 N–H and O–H groups in total. The van der Waals surface area contributed by atoms with Gasteiger partial charge >= 0.3 is 0 Å². The van der Waals surface area contributed by atoms with Gasteiger partial charge in [0.1, 0.15) is 0 Å². The molecule has 144 valence electrons. The standard InChI is InChI=1S/C21H15ClN4O3/c22-14-9-10-18-17(11-14)19(13-5-2-1-3-6-13)25-20(21(27)24-18)23-15-7-4-8-16(12-15)26(28)29/h1-12,20,23H,(H,24,27). The van der Waals surface area contributed by atoms with E-state index in [0.717, 1.165) is 5.56 Å². The highest BCUT2D eigenvalue weighted by Gasteiger charge is 2.26. The first-order chi connectivity index (χ1) is 14.0. The van der Waals surface area contributed by atoms with Crippen molar-refractivity contribution in [1.82, 2.24) is 0 Å². The number of amides is 1. The number of benzodiazepines with no additional fused rings is 1. The minimum atomic E-state index is -0.988. The number of carbonyl (C=O) groups is 1. The third-order valence-electron chi connectivity index (χ3n) is 4.41. The number of non-ortho nitro benzene ring substituents is 1. The van der Waals surface area contributed by atoms with E-state index in [1.54, 1.807) is 30.3 Å². The van der Waals surface area contributed by atoms with Gasteiger partial charge in [-0.15, -0.1) is 0 Å². The average molecular weight is 407 g/mol. The molecule has 0 saturated heterocycles. The van der Waals surface area contributed by atoms with E-state index in [4.69, 9.17) is 11.6 Å². The first-order valence-electron chi connectivity index (χ1n) is 8.76. The molecule has 29 heavy (non-hydrogen) atoms. The van der Waals surface area contributed by atoms with E-state index in [1.165, 1.54) is 12.1 Å². The highest BCUT2D eigenvalue weighted by Crippen LogP contribution is 2.28. The Morgan fingerprint density at radius 1 is 1.03 bits per heavy atom. The van der Waals surface area contributed by atoms with Crippen LogP contribution in [-0.2, 0) is 4.79 Å². The molecule has 1 aliphatic heterocycles. The molecule has 0 aromatic heterocycles. The van der Waals surface area contributed by atoms with Crippen LogP contribution in [0.2, 0.25) is 5.02 Å². The molecule has 1 unspecified atom stereocenters. The SMILES string of the molecule is O=C1Nc2ccc(Cl)cc2C(c2ccccc2)=NC1Nc1cccc([N+](=O)[O-])c1. The maximum Gasteiger partial charge on any atom is 0.271 e. The van der Waals surface area contributed by atoms with Gasteiger partial charge in [0.05, 0.1) is 16.3 Å². The van der Waals surface area contributed by atoms with Crippen LogP contribution in [0.1, 0.15) is 11.1 Å². The molecule has 8 heteroatoms. The highest BCUT2D eigenvalue weighted by molar-refractivity contribution is 6.32. The second-order valence-electron chi connectivity index (χ2n) is 6.38. The molecule has 1 aliphatic rings. The van der Waals surface area contributed by atoms with Crippen molar-refractivity contribution in [3.8, 4) is 0 Å². The second kappa shape index (κ2) is 7.73. The van der Waals surface area contributed by atoms with Crippen LogP contribution in [0.4, 0.5) is 17.1 Å². The van der Waals surface area contributed by atoms with Gasteiger partial charge in [0.25, 0.3) is 11.6 Å². The first-order valence-corrected chi connectivity index (χ1v) is 9.14. The molecule has 1 atom stereocenters. The maximum atomic E-state index is 12.8. The van der Waals surface area contributed by atoms with Crippen LogP contribution in [0.25, 0.3) is 0 Å². The van der Waals surface area contributed by atoms with Crippen molar-refractivity contribution in [3.63, 3.8) is 0 Å². The number of fused-ring (bicyclic) bond motifs is 1. The number of nitrogens with zero attached hydrogens (tertiary/aromatic N) is 2. The van der Waals surface area contributed by atoms with Crippen LogP contribution in [0.3, 0.4) is 0 Å². The summed E-state index contributed by atoms with van der Waals surface area (Å²) >= 11 is 6.19. The Kier molecular flexibility index (Phi) is 4.97. The summed E-state index contributed by atoms with van der Waals surface area (Å²) in [5, 5.41) is 17.4. The third-order valence-corrected chi connectivity index (χ3v) is 4.64. The van der Waals surface area contributed by atoms with Crippen molar-refractivity contribution in [2.45, 2.75) is 6.17 Å². The molecule has 4 rings (SSSR count). The van der Waals surface area contributed by atoms with E-state index in [-0.39, 0.29) is 11.6 Å². The zero-order valence-electron chi connectivity index (χ0n) is 15.0. The molecule has 0 fully saturated rings. The Balaban J connectivity index is 1.79. The number of hydrogen-bond acceptors (Lipinski definition) is 5. The van der Waals surface area contributed by atoms with Crippen molar-refractivity contribution >= 4 is 40.3 Å². The lowest BCUT2D eigenvalue weighted by atomic mass is 10.0. The zero-order valence-corrected chi connectivity index (χ0v) is 15.8. The summed E-state index contributed by atoms with van der Waals surface area (Å²) in [4.78, 5) is 28.0. The normalized spacial score (nSPS) is 15.6. The lowest BCUT2D eigenvalue weighted by Crippen LogP contribution is -2.32. The Hall–Kier alpha value is -3.71. The Labute approximate surface area is 171 Å². The first kappa shape index (κ1) is 18.6. The van der Waals surface area contributed by atoms with Gasteiger partial charge in [-0.3, -0.25) is 14.9 Å². The number of aliphatic imine (C=N–C) groups is 1. The fourth-order valence-corrected chi connectivity index (χ4v) is 3.24. The number of nitro groups is 1. The van der Waals surface area contributed by atoms with Crippen LogP contribution in [-0.4, -0.2) is 22.7 Å². The second-order valence-corrected chi connectivity index (χ2v) is 6.81. The minimum Gasteiger partial charge on any atom is -0.356 e.